The molecule has 4 heteroatoms. The van der Waals surface area contributed by atoms with Gasteiger partial charge in [-0.15, -0.1) is 0 Å². The van der Waals surface area contributed by atoms with E-state index in [4.69, 9.17) is 0 Å². The van der Waals surface area contributed by atoms with Gasteiger partial charge in [0, 0.05) is 13.1 Å². The lowest BCUT2D eigenvalue weighted by atomic mass is 9.64. The summed E-state index contributed by atoms with van der Waals surface area (Å²) in [5.41, 5.74) is 2.05. The third-order valence-corrected chi connectivity index (χ3v) is 6.15. The van der Waals surface area contributed by atoms with E-state index >= 15 is 0 Å². The monoisotopic (exact) mass is 357 g/mol. The Morgan fingerprint density at radius 2 is 1.62 bits per heavy atom. The van der Waals surface area contributed by atoms with Gasteiger partial charge in [-0.05, 0) is 79.0 Å². The van der Waals surface area contributed by atoms with Crippen LogP contribution in [0.4, 0.5) is 8.78 Å². The molecule has 2 aromatic rings. The van der Waals surface area contributed by atoms with Gasteiger partial charge in [-0.2, -0.15) is 0 Å². The molecule has 1 saturated heterocycles. The van der Waals surface area contributed by atoms with Crippen LogP contribution in [0.5, 0.6) is 0 Å². The molecule has 138 valence electrons. The van der Waals surface area contributed by atoms with Crippen molar-refractivity contribution in [2.75, 3.05) is 19.6 Å². The van der Waals surface area contributed by atoms with Gasteiger partial charge >= 0.3 is 0 Å². The molecule has 1 aliphatic carbocycles. The summed E-state index contributed by atoms with van der Waals surface area (Å²) in [6.45, 7) is 3.22. The van der Waals surface area contributed by atoms with E-state index < -0.39 is 6.10 Å². The van der Waals surface area contributed by atoms with Crippen LogP contribution in [-0.2, 0) is 0 Å². The van der Waals surface area contributed by atoms with Gasteiger partial charge < -0.3 is 10.0 Å². The second-order valence-corrected chi connectivity index (χ2v) is 7.79. The molecule has 1 N–H and O–H groups in total. The molecule has 1 aliphatic heterocycles. The van der Waals surface area contributed by atoms with Crippen molar-refractivity contribution >= 4 is 0 Å². The molecule has 2 aromatic carbocycles. The lowest BCUT2D eigenvalue weighted by Crippen LogP contribution is -2.33. The number of likely N-dealkylation sites (tertiary alicyclic amines) is 1. The van der Waals surface area contributed by atoms with Gasteiger partial charge in [0.15, 0.2) is 0 Å². The maximum absolute atomic E-state index is 13.1. The van der Waals surface area contributed by atoms with Crippen molar-refractivity contribution in [1.82, 2.24) is 4.90 Å². The summed E-state index contributed by atoms with van der Waals surface area (Å²) in [7, 11) is 0. The zero-order chi connectivity index (χ0) is 18.1. The van der Waals surface area contributed by atoms with Crippen LogP contribution in [0.2, 0.25) is 0 Å². The molecule has 2 nitrogen and oxygen atoms in total. The molecule has 1 saturated carbocycles. The van der Waals surface area contributed by atoms with E-state index in [0.717, 1.165) is 37.5 Å². The summed E-state index contributed by atoms with van der Waals surface area (Å²) in [6.07, 6.45) is 2.30. The van der Waals surface area contributed by atoms with Crippen molar-refractivity contribution in [2.24, 2.45) is 11.8 Å². The highest BCUT2D eigenvalue weighted by molar-refractivity contribution is 5.25. The van der Waals surface area contributed by atoms with Crippen LogP contribution >= 0.6 is 0 Å². The van der Waals surface area contributed by atoms with Gasteiger partial charge in [-0.1, -0.05) is 24.3 Å². The van der Waals surface area contributed by atoms with Crippen LogP contribution in [-0.4, -0.2) is 29.6 Å². The topological polar surface area (TPSA) is 23.5 Å². The number of aliphatic hydroxyl groups excluding tert-OH is 1. The summed E-state index contributed by atoms with van der Waals surface area (Å²) >= 11 is 0. The smallest absolute Gasteiger partial charge is 0.123 e. The minimum absolute atomic E-state index is 0.169. The van der Waals surface area contributed by atoms with E-state index in [9.17, 15) is 13.9 Å². The highest BCUT2D eigenvalue weighted by Crippen LogP contribution is 2.51. The van der Waals surface area contributed by atoms with E-state index in [0.29, 0.717) is 18.3 Å². The quantitative estimate of drug-likeness (QED) is 0.822. The first-order valence-electron chi connectivity index (χ1n) is 9.51. The van der Waals surface area contributed by atoms with Crippen LogP contribution in [0.15, 0.2) is 48.5 Å². The van der Waals surface area contributed by atoms with Gasteiger partial charge in [0.25, 0.3) is 0 Å². The van der Waals surface area contributed by atoms with Crippen molar-refractivity contribution < 1.29 is 13.9 Å². The number of benzene rings is 2. The largest absolute Gasteiger partial charge is 0.388 e. The summed E-state index contributed by atoms with van der Waals surface area (Å²) < 4.78 is 26.1. The first-order valence-corrected chi connectivity index (χ1v) is 9.51. The Morgan fingerprint density at radius 1 is 0.962 bits per heavy atom. The van der Waals surface area contributed by atoms with Gasteiger partial charge in [0.2, 0.25) is 0 Å². The molecule has 2 fully saturated rings. The van der Waals surface area contributed by atoms with Crippen LogP contribution in [0.25, 0.3) is 0 Å². The molecular formula is C22H25F2NO. The fourth-order valence-electron chi connectivity index (χ4n) is 4.63. The fraction of sp³-hybridized carbons (Fsp3) is 0.455. The number of halogens is 2. The third kappa shape index (κ3) is 3.67. The highest BCUT2D eigenvalue weighted by atomic mass is 19.1. The SMILES string of the molecule is OC(CCCN1CC2CC(c3ccc(F)cc3)C2C1)c1ccc(F)cc1. The van der Waals surface area contributed by atoms with Crippen LogP contribution < -0.4 is 0 Å². The Balaban J connectivity index is 1.24. The summed E-state index contributed by atoms with van der Waals surface area (Å²) in [5, 5.41) is 10.2. The minimum atomic E-state index is -0.526. The molecule has 2 aliphatic rings. The number of rotatable bonds is 6. The molecule has 4 unspecified atom stereocenters. The molecule has 1 heterocycles. The fourth-order valence-corrected chi connectivity index (χ4v) is 4.63. The Kier molecular flexibility index (Phi) is 5.05. The molecule has 4 atom stereocenters. The molecule has 26 heavy (non-hydrogen) atoms. The molecule has 0 spiro atoms. The van der Waals surface area contributed by atoms with Crippen LogP contribution in [0, 0.1) is 23.5 Å². The molecule has 4 rings (SSSR count). The lowest BCUT2D eigenvalue weighted by molar-refractivity contribution is 0.158. The summed E-state index contributed by atoms with van der Waals surface area (Å²) in [5.74, 6) is 1.56. The van der Waals surface area contributed by atoms with E-state index in [2.05, 4.69) is 4.90 Å². The van der Waals surface area contributed by atoms with Crippen LogP contribution in [0.3, 0.4) is 0 Å². The summed E-state index contributed by atoms with van der Waals surface area (Å²) in [6, 6.07) is 13.1. The van der Waals surface area contributed by atoms with Crippen molar-refractivity contribution in [3.8, 4) is 0 Å². The maximum Gasteiger partial charge on any atom is 0.123 e. The lowest BCUT2D eigenvalue weighted by Gasteiger charge is -2.40. The Bertz CT molecular complexity index is 731. The average Bonchev–Trinajstić information content (AvgIpc) is 2.94. The van der Waals surface area contributed by atoms with Gasteiger partial charge in [-0.25, -0.2) is 8.78 Å². The Morgan fingerprint density at radius 3 is 2.31 bits per heavy atom. The van der Waals surface area contributed by atoms with Crippen molar-refractivity contribution in [2.45, 2.75) is 31.3 Å². The van der Waals surface area contributed by atoms with Gasteiger partial charge in [0.1, 0.15) is 11.6 Å². The van der Waals surface area contributed by atoms with Crippen molar-refractivity contribution in [3.05, 3.63) is 71.3 Å². The molecule has 0 aromatic heterocycles. The molecule has 0 radical (unpaired) electrons. The zero-order valence-corrected chi connectivity index (χ0v) is 14.8. The Labute approximate surface area is 153 Å². The molecule has 0 amide bonds. The van der Waals surface area contributed by atoms with Crippen LogP contribution in [0.1, 0.15) is 42.4 Å². The second-order valence-electron chi connectivity index (χ2n) is 7.79. The molecule has 0 bridgehead atoms. The third-order valence-electron chi connectivity index (χ3n) is 6.15. The van der Waals surface area contributed by atoms with Gasteiger partial charge in [-0.3, -0.25) is 0 Å². The predicted molar refractivity (Wildman–Crippen MR) is 97.8 cm³/mol. The number of hydrogen-bond acceptors (Lipinski definition) is 2. The summed E-state index contributed by atoms with van der Waals surface area (Å²) in [4.78, 5) is 2.50. The number of nitrogens with zero attached hydrogens (tertiary/aromatic N) is 1. The zero-order valence-electron chi connectivity index (χ0n) is 14.8. The first-order chi connectivity index (χ1) is 12.6. The van der Waals surface area contributed by atoms with E-state index in [1.807, 2.05) is 12.1 Å². The van der Waals surface area contributed by atoms with E-state index in [1.165, 1.54) is 24.1 Å². The van der Waals surface area contributed by atoms with Crippen molar-refractivity contribution in [3.63, 3.8) is 0 Å². The first kappa shape index (κ1) is 17.6. The second kappa shape index (κ2) is 7.45. The molecular weight excluding hydrogens is 332 g/mol. The normalized spacial score (nSPS) is 26.3. The van der Waals surface area contributed by atoms with E-state index in [-0.39, 0.29) is 11.6 Å². The average molecular weight is 357 g/mol. The number of hydrogen-bond donors (Lipinski definition) is 1. The minimum Gasteiger partial charge on any atom is -0.388 e. The number of fused-ring (bicyclic) bond motifs is 1. The number of aliphatic hydroxyl groups is 1. The maximum atomic E-state index is 13.1. The highest BCUT2D eigenvalue weighted by Gasteiger charge is 2.47. The Hall–Kier alpha value is -1.78. The van der Waals surface area contributed by atoms with Crippen molar-refractivity contribution in [1.29, 1.82) is 0 Å². The standard InChI is InChI=1S/C22H25F2NO/c23-18-7-3-15(4-8-18)20-12-17-13-25(14-21(17)20)11-1-2-22(26)16-5-9-19(24)10-6-16/h3-10,17,20-22,26H,1-2,11-14H2. The predicted octanol–water partition coefficient (Wildman–Crippen LogP) is 4.51. The van der Waals surface area contributed by atoms with Gasteiger partial charge in [0.05, 0.1) is 6.10 Å². The van der Waals surface area contributed by atoms with E-state index in [1.54, 1.807) is 24.3 Å².